The van der Waals surface area contributed by atoms with Crippen molar-refractivity contribution in [2.75, 3.05) is 0 Å². The van der Waals surface area contributed by atoms with E-state index in [9.17, 15) is 4.79 Å². The number of rotatable bonds is 2. The van der Waals surface area contributed by atoms with Gasteiger partial charge in [0.1, 0.15) is 11.9 Å². The van der Waals surface area contributed by atoms with Crippen LogP contribution in [0.2, 0.25) is 0 Å². The lowest BCUT2D eigenvalue weighted by Gasteiger charge is -2.27. The van der Waals surface area contributed by atoms with E-state index in [0.717, 1.165) is 10.0 Å². The van der Waals surface area contributed by atoms with E-state index in [1.165, 1.54) is 4.90 Å². The highest BCUT2D eigenvalue weighted by Crippen LogP contribution is 2.29. The number of halogens is 1. The Bertz CT molecular complexity index is 544. The first-order valence-corrected chi connectivity index (χ1v) is 6.22. The average molecular weight is 306 g/mol. The van der Waals surface area contributed by atoms with E-state index in [2.05, 4.69) is 26.8 Å². The zero-order valence-electron chi connectivity index (χ0n) is 9.80. The molecule has 18 heavy (non-hydrogen) atoms. The maximum absolute atomic E-state index is 11.8. The Morgan fingerprint density at radius 1 is 1.50 bits per heavy atom. The Kier molecular flexibility index (Phi) is 3.39. The molecule has 0 radical (unpaired) electrons. The van der Waals surface area contributed by atoms with E-state index >= 15 is 0 Å². The predicted molar refractivity (Wildman–Crippen MR) is 74.0 cm³/mol. The summed E-state index contributed by atoms with van der Waals surface area (Å²) < 4.78 is 0.961. The third-order valence-electron chi connectivity index (χ3n) is 2.85. The molecule has 2 unspecified atom stereocenters. The van der Waals surface area contributed by atoms with Crippen LogP contribution in [0.1, 0.15) is 18.5 Å². The summed E-state index contributed by atoms with van der Waals surface area (Å²) in [6.45, 7) is 1.78. The second-order valence-corrected chi connectivity index (χ2v) is 4.94. The van der Waals surface area contributed by atoms with Gasteiger partial charge in [-0.15, -0.1) is 6.42 Å². The van der Waals surface area contributed by atoms with Crippen LogP contribution < -0.4 is 5.73 Å². The van der Waals surface area contributed by atoms with E-state index in [4.69, 9.17) is 12.2 Å². The third-order valence-corrected chi connectivity index (χ3v) is 3.38. The van der Waals surface area contributed by atoms with Crippen molar-refractivity contribution in [2.45, 2.75) is 19.0 Å². The third kappa shape index (κ3) is 2.12. The van der Waals surface area contributed by atoms with Crippen LogP contribution in [0, 0.1) is 12.3 Å². The van der Waals surface area contributed by atoms with Crippen LogP contribution in [-0.2, 0) is 0 Å². The Morgan fingerprint density at radius 3 is 2.67 bits per heavy atom. The molecule has 2 atom stereocenters. The number of aliphatic imine (C=N–C) groups is 1. The summed E-state index contributed by atoms with van der Waals surface area (Å²) in [5, 5.41) is 0. The van der Waals surface area contributed by atoms with Crippen molar-refractivity contribution in [1.29, 1.82) is 0 Å². The topological polar surface area (TPSA) is 58.7 Å². The smallest absolute Gasteiger partial charge is 0.347 e. The van der Waals surface area contributed by atoms with Crippen LogP contribution in [0.4, 0.5) is 4.79 Å². The van der Waals surface area contributed by atoms with Crippen LogP contribution in [-0.4, -0.2) is 22.8 Å². The maximum Gasteiger partial charge on any atom is 0.347 e. The van der Waals surface area contributed by atoms with Gasteiger partial charge in [-0.25, -0.2) is 4.79 Å². The molecule has 0 bridgehead atoms. The summed E-state index contributed by atoms with van der Waals surface area (Å²) in [5.74, 6) is 2.82. The number of amidine groups is 1. The minimum Gasteiger partial charge on any atom is -0.385 e. The van der Waals surface area contributed by atoms with Crippen molar-refractivity contribution in [2.24, 2.45) is 10.7 Å². The van der Waals surface area contributed by atoms with Gasteiger partial charge in [-0.2, -0.15) is 4.99 Å². The lowest BCUT2D eigenvalue weighted by Crippen LogP contribution is -2.38. The lowest BCUT2D eigenvalue weighted by molar-refractivity contribution is 0.199. The van der Waals surface area contributed by atoms with E-state index in [-0.39, 0.29) is 24.0 Å². The van der Waals surface area contributed by atoms with Crippen LogP contribution in [0.15, 0.2) is 33.7 Å². The monoisotopic (exact) mass is 305 g/mol. The van der Waals surface area contributed by atoms with Gasteiger partial charge in [0.2, 0.25) is 0 Å². The van der Waals surface area contributed by atoms with Gasteiger partial charge >= 0.3 is 6.03 Å². The van der Waals surface area contributed by atoms with Crippen molar-refractivity contribution in [1.82, 2.24) is 4.90 Å². The molecule has 4 nitrogen and oxygen atoms in total. The first kappa shape index (κ1) is 12.7. The number of benzene rings is 1. The maximum atomic E-state index is 11.8. The van der Waals surface area contributed by atoms with E-state index in [1.54, 1.807) is 6.92 Å². The molecule has 0 aliphatic carbocycles. The Balaban J connectivity index is 2.41. The highest BCUT2D eigenvalue weighted by molar-refractivity contribution is 9.10. The van der Waals surface area contributed by atoms with Crippen LogP contribution in [0.25, 0.3) is 0 Å². The number of nitrogens with zero attached hydrogens (tertiary/aromatic N) is 2. The Labute approximate surface area is 114 Å². The first-order chi connectivity index (χ1) is 8.54. The second-order valence-electron chi connectivity index (χ2n) is 4.02. The van der Waals surface area contributed by atoms with Gasteiger partial charge in [0.15, 0.2) is 0 Å². The Hall–Kier alpha value is -1.80. The molecule has 0 aromatic heterocycles. The molecular formula is C13H12BrN3O. The molecule has 0 fully saturated rings. The molecule has 1 aliphatic rings. The number of terminal acetylenes is 1. The molecular weight excluding hydrogens is 294 g/mol. The quantitative estimate of drug-likeness (QED) is 0.852. The minimum absolute atomic E-state index is 0.282. The molecule has 2 N–H and O–H groups in total. The fraction of sp³-hybridized carbons (Fsp3) is 0.231. The van der Waals surface area contributed by atoms with Gasteiger partial charge in [0.25, 0.3) is 0 Å². The average Bonchev–Trinajstić information content (AvgIpc) is 2.64. The molecule has 1 heterocycles. The number of urea groups is 1. The molecule has 1 aromatic rings. The number of amides is 2. The van der Waals surface area contributed by atoms with Gasteiger partial charge in [0, 0.05) is 4.47 Å². The van der Waals surface area contributed by atoms with E-state index in [0.29, 0.717) is 0 Å². The van der Waals surface area contributed by atoms with Gasteiger partial charge < -0.3 is 5.73 Å². The number of hydrogen-bond acceptors (Lipinski definition) is 2. The summed E-state index contributed by atoms with van der Waals surface area (Å²) in [6.07, 6.45) is 5.38. The van der Waals surface area contributed by atoms with Crippen molar-refractivity contribution >= 4 is 27.8 Å². The van der Waals surface area contributed by atoms with Crippen LogP contribution in [0.3, 0.4) is 0 Å². The van der Waals surface area contributed by atoms with E-state index in [1.807, 2.05) is 24.3 Å². The summed E-state index contributed by atoms with van der Waals surface area (Å²) >= 11 is 3.36. The Morgan fingerprint density at radius 2 is 2.11 bits per heavy atom. The van der Waals surface area contributed by atoms with Crippen molar-refractivity contribution < 1.29 is 4.79 Å². The largest absolute Gasteiger partial charge is 0.385 e. The molecule has 5 heteroatoms. The standard InChI is InChI=1S/C13H12BrN3O/c1-3-8(2)17-11(12(15)16-13(17)18)9-4-6-10(14)7-5-9/h1,4-8,11H,2H3,(H2,15,16,18). The minimum atomic E-state index is -0.383. The molecule has 0 saturated carbocycles. The summed E-state index contributed by atoms with van der Waals surface area (Å²) in [5.41, 5.74) is 6.73. The predicted octanol–water partition coefficient (Wildman–Crippen LogP) is 2.30. The fourth-order valence-corrected chi connectivity index (χ4v) is 2.19. The summed E-state index contributed by atoms with van der Waals surface area (Å²) in [4.78, 5) is 17.1. The highest BCUT2D eigenvalue weighted by atomic mass is 79.9. The van der Waals surface area contributed by atoms with Gasteiger partial charge in [-0.05, 0) is 24.6 Å². The van der Waals surface area contributed by atoms with Crippen LogP contribution >= 0.6 is 15.9 Å². The molecule has 2 rings (SSSR count). The molecule has 1 aliphatic heterocycles. The second kappa shape index (κ2) is 4.83. The summed E-state index contributed by atoms with van der Waals surface area (Å²) in [7, 11) is 0. The van der Waals surface area contributed by atoms with Crippen molar-refractivity contribution in [3.05, 3.63) is 34.3 Å². The molecule has 2 amide bonds. The van der Waals surface area contributed by atoms with E-state index < -0.39 is 0 Å². The fourth-order valence-electron chi connectivity index (χ4n) is 1.93. The van der Waals surface area contributed by atoms with Gasteiger partial charge in [0.05, 0.1) is 6.04 Å². The molecule has 1 aromatic carbocycles. The van der Waals surface area contributed by atoms with Crippen LogP contribution in [0.5, 0.6) is 0 Å². The summed E-state index contributed by atoms with van der Waals surface area (Å²) in [6, 6.07) is 6.46. The number of hydrogen-bond donors (Lipinski definition) is 1. The molecule has 0 spiro atoms. The highest BCUT2D eigenvalue weighted by Gasteiger charge is 2.36. The van der Waals surface area contributed by atoms with Gasteiger partial charge in [-0.3, -0.25) is 4.90 Å². The zero-order chi connectivity index (χ0) is 13.3. The van der Waals surface area contributed by atoms with Crippen molar-refractivity contribution in [3.8, 4) is 12.3 Å². The molecule has 0 saturated heterocycles. The SMILES string of the molecule is C#CC(C)N1C(=O)N=C(N)C1c1ccc(Br)cc1. The number of carbonyl (C=O) groups is 1. The lowest BCUT2D eigenvalue weighted by atomic mass is 10.0. The normalized spacial score (nSPS) is 20.5. The first-order valence-electron chi connectivity index (χ1n) is 5.42. The van der Waals surface area contributed by atoms with Gasteiger partial charge in [-0.1, -0.05) is 34.0 Å². The zero-order valence-corrected chi connectivity index (χ0v) is 11.4. The molecule has 92 valence electrons. The number of carbonyl (C=O) groups excluding carboxylic acids is 1. The van der Waals surface area contributed by atoms with Crippen molar-refractivity contribution in [3.63, 3.8) is 0 Å². The number of nitrogens with two attached hydrogens (primary N) is 1.